The van der Waals surface area contributed by atoms with Gasteiger partial charge in [-0.3, -0.25) is 9.63 Å². The van der Waals surface area contributed by atoms with Crippen LogP contribution in [0.2, 0.25) is 0 Å². The van der Waals surface area contributed by atoms with Gasteiger partial charge in [0, 0.05) is 12.6 Å². The molecule has 0 heterocycles. The van der Waals surface area contributed by atoms with E-state index in [4.69, 9.17) is 9.57 Å². The summed E-state index contributed by atoms with van der Waals surface area (Å²) in [5.41, 5.74) is 2.64. The molecular weight excluding hydrogens is 382 g/mol. The predicted octanol–water partition coefficient (Wildman–Crippen LogP) is 2.91. The Hall–Kier alpha value is -2.55. The number of Topliss-reactive ketones (excluding diaryl/α,β-unsaturated/α-hetero) is 1. The lowest BCUT2D eigenvalue weighted by atomic mass is 10.0. The highest BCUT2D eigenvalue weighted by Crippen LogP contribution is 2.17. The van der Waals surface area contributed by atoms with E-state index in [-0.39, 0.29) is 16.2 Å². The molecule has 0 fully saturated rings. The molecule has 8 heteroatoms. The lowest BCUT2D eigenvalue weighted by Crippen LogP contribution is -2.26. The van der Waals surface area contributed by atoms with E-state index in [2.05, 4.69) is 0 Å². The Labute approximate surface area is 164 Å². The lowest BCUT2D eigenvalue weighted by molar-refractivity contribution is -0.0258. The molecule has 2 rings (SSSR count). The van der Waals surface area contributed by atoms with Crippen molar-refractivity contribution in [3.05, 3.63) is 64.7 Å². The summed E-state index contributed by atoms with van der Waals surface area (Å²) in [6.45, 7) is 5.35. The first-order valence-electron chi connectivity index (χ1n) is 8.53. The number of hydroxylamine groups is 1. The van der Waals surface area contributed by atoms with Crippen molar-refractivity contribution < 1.29 is 27.6 Å². The maximum absolute atomic E-state index is 12.5. The van der Waals surface area contributed by atoms with E-state index in [9.17, 15) is 18.0 Å². The van der Waals surface area contributed by atoms with Crippen LogP contribution in [0.1, 0.15) is 38.8 Å². The molecule has 0 aromatic heterocycles. The summed E-state index contributed by atoms with van der Waals surface area (Å²) in [6.07, 6.45) is -0.974. The van der Waals surface area contributed by atoms with E-state index in [1.165, 1.54) is 45.3 Å². The van der Waals surface area contributed by atoms with Crippen LogP contribution in [-0.2, 0) is 19.6 Å². The number of ketones is 1. The van der Waals surface area contributed by atoms with Crippen LogP contribution in [0.15, 0.2) is 47.4 Å². The zero-order chi connectivity index (χ0) is 21.1. The molecule has 0 N–H and O–H groups in total. The number of carbonyl (C=O) groups excluding carboxylic acids is 2. The van der Waals surface area contributed by atoms with Gasteiger partial charge in [-0.1, -0.05) is 16.6 Å². The van der Waals surface area contributed by atoms with Gasteiger partial charge in [0.2, 0.25) is 5.78 Å². The smallest absolute Gasteiger partial charge is 0.338 e. The second kappa shape index (κ2) is 8.64. The van der Waals surface area contributed by atoms with Crippen molar-refractivity contribution >= 4 is 21.8 Å². The monoisotopic (exact) mass is 405 g/mol. The van der Waals surface area contributed by atoms with Crippen LogP contribution in [0, 0.1) is 13.8 Å². The fraction of sp³-hybridized carbons (Fsp3) is 0.300. The van der Waals surface area contributed by atoms with Crippen LogP contribution >= 0.6 is 0 Å². The largest absolute Gasteiger partial charge is 0.451 e. The molecule has 28 heavy (non-hydrogen) atoms. The van der Waals surface area contributed by atoms with Gasteiger partial charge in [0.15, 0.2) is 6.10 Å². The van der Waals surface area contributed by atoms with Crippen LogP contribution in [0.3, 0.4) is 0 Å². The summed E-state index contributed by atoms with van der Waals surface area (Å²) < 4.78 is 30.3. The molecule has 0 unspecified atom stereocenters. The Morgan fingerprint density at radius 1 is 0.964 bits per heavy atom. The summed E-state index contributed by atoms with van der Waals surface area (Å²) in [5, 5.41) is 0. The van der Waals surface area contributed by atoms with Crippen molar-refractivity contribution in [1.29, 1.82) is 0 Å². The molecule has 0 amide bonds. The minimum absolute atomic E-state index is 0.0346. The third-order valence-electron chi connectivity index (χ3n) is 4.43. The normalized spacial score (nSPS) is 12.6. The van der Waals surface area contributed by atoms with Gasteiger partial charge in [0.25, 0.3) is 10.0 Å². The third-order valence-corrected chi connectivity index (χ3v) is 6.12. The molecule has 2 aromatic rings. The number of hydrogen-bond acceptors (Lipinski definition) is 6. The van der Waals surface area contributed by atoms with E-state index >= 15 is 0 Å². The third kappa shape index (κ3) is 4.64. The molecule has 0 aliphatic rings. The number of carbonyl (C=O) groups is 2. The van der Waals surface area contributed by atoms with Crippen LogP contribution in [0.25, 0.3) is 0 Å². The van der Waals surface area contributed by atoms with Gasteiger partial charge in [0.1, 0.15) is 0 Å². The molecule has 0 saturated carbocycles. The number of aryl methyl sites for hydroxylation is 2. The molecule has 1 atom stereocenters. The Bertz CT molecular complexity index is 982. The van der Waals surface area contributed by atoms with Crippen molar-refractivity contribution in [2.75, 3.05) is 14.2 Å². The zero-order valence-electron chi connectivity index (χ0n) is 16.4. The average Bonchev–Trinajstić information content (AvgIpc) is 2.68. The van der Waals surface area contributed by atoms with Crippen LogP contribution in [0.4, 0.5) is 0 Å². The van der Waals surface area contributed by atoms with Gasteiger partial charge in [-0.2, -0.15) is 0 Å². The topological polar surface area (TPSA) is 90.0 Å². The summed E-state index contributed by atoms with van der Waals surface area (Å²) in [6, 6.07) is 10.5. The molecule has 0 bridgehead atoms. The standard InChI is InChI=1S/C20H23NO6S/c1-13-6-7-17(12-14(13)2)19(22)15(3)27-20(23)16-8-10-18(11-9-16)28(24,25)21(4)26-5/h6-12,15H,1-5H3/t15-/m0/s1. The van der Waals surface area contributed by atoms with Crippen LogP contribution < -0.4 is 0 Å². The molecule has 150 valence electrons. The van der Waals surface area contributed by atoms with Crippen molar-refractivity contribution in [2.24, 2.45) is 0 Å². The Morgan fingerprint density at radius 2 is 1.54 bits per heavy atom. The molecule has 0 spiro atoms. The maximum Gasteiger partial charge on any atom is 0.338 e. The first kappa shape index (κ1) is 21.7. The summed E-state index contributed by atoms with van der Waals surface area (Å²) in [7, 11) is -1.31. The number of ether oxygens (including phenoxy) is 1. The SMILES string of the molecule is CON(C)S(=O)(=O)c1ccc(C(=O)O[C@@H](C)C(=O)c2ccc(C)c(C)c2)cc1. The van der Waals surface area contributed by atoms with Gasteiger partial charge in [0.05, 0.1) is 17.6 Å². The molecule has 0 aliphatic carbocycles. The first-order chi connectivity index (χ1) is 13.1. The summed E-state index contributed by atoms with van der Waals surface area (Å²) >= 11 is 0. The molecular formula is C20H23NO6S. The maximum atomic E-state index is 12.5. The predicted molar refractivity (Wildman–Crippen MR) is 104 cm³/mol. The quantitative estimate of drug-likeness (QED) is 0.400. The second-order valence-electron chi connectivity index (χ2n) is 6.33. The van der Waals surface area contributed by atoms with Crippen molar-refractivity contribution in [3.8, 4) is 0 Å². The van der Waals surface area contributed by atoms with Crippen molar-refractivity contribution in [1.82, 2.24) is 4.47 Å². The number of rotatable bonds is 7. The minimum Gasteiger partial charge on any atom is -0.451 e. The Kier molecular flexibility index (Phi) is 6.71. The van der Waals surface area contributed by atoms with Crippen LogP contribution in [0.5, 0.6) is 0 Å². The highest BCUT2D eigenvalue weighted by molar-refractivity contribution is 7.89. The van der Waals surface area contributed by atoms with Gasteiger partial charge < -0.3 is 4.74 Å². The Morgan fingerprint density at radius 3 is 2.07 bits per heavy atom. The van der Waals surface area contributed by atoms with E-state index in [0.29, 0.717) is 10.0 Å². The number of sulfonamides is 1. The number of benzene rings is 2. The van der Waals surface area contributed by atoms with E-state index in [1.54, 1.807) is 12.1 Å². The Balaban J connectivity index is 2.12. The lowest BCUT2D eigenvalue weighted by Gasteiger charge is -2.15. The van der Waals surface area contributed by atoms with E-state index in [0.717, 1.165) is 11.1 Å². The van der Waals surface area contributed by atoms with Gasteiger partial charge in [-0.15, -0.1) is 0 Å². The number of hydrogen-bond donors (Lipinski definition) is 0. The van der Waals surface area contributed by atoms with Crippen molar-refractivity contribution in [2.45, 2.75) is 31.8 Å². The molecule has 0 aliphatic heterocycles. The minimum atomic E-state index is -3.81. The average molecular weight is 405 g/mol. The number of esters is 1. The first-order valence-corrected chi connectivity index (χ1v) is 9.97. The van der Waals surface area contributed by atoms with Gasteiger partial charge in [-0.25, -0.2) is 13.2 Å². The highest BCUT2D eigenvalue weighted by atomic mass is 32.2. The summed E-state index contributed by atoms with van der Waals surface area (Å²) in [4.78, 5) is 29.5. The molecule has 0 radical (unpaired) electrons. The van der Waals surface area contributed by atoms with E-state index < -0.39 is 22.1 Å². The van der Waals surface area contributed by atoms with Gasteiger partial charge >= 0.3 is 5.97 Å². The molecule has 0 saturated heterocycles. The second-order valence-corrected chi connectivity index (χ2v) is 8.27. The van der Waals surface area contributed by atoms with Crippen LogP contribution in [-0.4, -0.2) is 44.9 Å². The van der Waals surface area contributed by atoms with Crippen molar-refractivity contribution in [3.63, 3.8) is 0 Å². The zero-order valence-corrected chi connectivity index (χ0v) is 17.2. The molecule has 7 nitrogen and oxygen atoms in total. The fourth-order valence-electron chi connectivity index (χ4n) is 2.42. The number of nitrogens with zero attached hydrogens (tertiary/aromatic N) is 1. The van der Waals surface area contributed by atoms with E-state index in [1.807, 2.05) is 19.9 Å². The van der Waals surface area contributed by atoms with Gasteiger partial charge in [-0.05, 0) is 62.2 Å². The highest BCUT2D eigenvalue weighted by Gasteiger charge is 2.23. The summed E-state index contributed by atoms with van der Waals surface area (Å²) in [5.74, 6) is -1.02. The fourth-order valence-corrected chi connectivity index (χ4v) is 3.39. The molecule has 2 aromatic carbocycles.